The number of ether oxygens (including phenoxy) is 1. The number of rotatable bonds is 5. The largest absolute Gasteiger partial charge is 0.480 e. The highest BCUT2D eigenvalue weighted by atomic mass is 32.2. The Morgan fingerprint density at radius 1 is 1.16 bits per heavy atom. The van der Waals surface area contributed by atoms with E-state index >= 15 is 0 Å². The average Bonchev–Trinajstić information content (AvgIpc) is 2.56. The molecule has 3 rings (SSSR count). The lowest BCUT2D eigenvalue weighted by atomic mass is 10.0. The van der Waals surface area contributed by atoms with Gasteiger partial charge in [0.2, 0.25) is 0 Å². The van der Waals surface area contributed by atoms with Crippen LogP contribution < -0.4 is 9.04 Å². The van der Waals surface area contributed by atoms with Crippen molar-refractivity contribution in [2.45, 2.75) is 29.7 Å². The number of para-hydroxylation sites is 1. The van der Waals surface area contributed by atoms with Gasteiger partial charge >= 0.3 is 5.97 Å². The Balaban J connectivity index is 2.00. The average molecular weight is 379 g/mol. The molecule has 0 saturated heterocycles. The van der Waals surface area contributed by atoms with Crippen molar-refractivity contribution in [3.8, 4) is 11.5 Å². The summed E-state index contributed by atoms with van der Waals surface area (Å²) in [7, 11) is 0. The fraction of sp³-hybridized carbons (Fsp3) is 0.235. The molecule has 0 saturated carbocycles. The minimum atomic E-state index is -2.47. The standard InChI is InChI=1S/C17H17NO5S2/c1-10(2)16(17(19)20)18(25(21)22)11-7-8-13-15(9-11)24-14-6-4-3-5-12(14)23-13/h3-10,16H,1-2H3,(H,19,20)(H,21,22). The molecule has 1 aliphatic heterocycles. The van der Waals surface area contributed by atoms with Gasteiger partial charge in [-0.2, -0.15) is 0 Å². The SMILES string of the molecule is CC(C)C(C(=O)O)N(c1ccc2c(c1)Sc1ccccc1O2)S(=O)O. The minimum absolute atomic E-state index is 0.353. The van der Waals surface area contributed by atoms with Gasteiger partial charge in [-0.3, -0.25) is 8.86 Å². The monoisotopic (exact) mass is 379 g/mol. The van der Waals surface area contributed by atoms with Crippen molar-refractivity contribution in [3.05, 3.63) is 42.5 Å². The van der Waals surface area contributed by atoms with Gasteiger partial charge in [0, 0.05) is 0 Å². The summed E-state index contributed by atoms with van der Waals surface area (Å²) in [6.07, 6.45) is 0. The van der Waals surface area contributed by atoms with Crippen molar-refractivity contribution >= 4 is 34.7 Å². The summed E-state index contributed by atoms with van der Waals surface area (Å²) in [6.45, 7) is 3.40. The second-order valence-corrected chi connectivity index (χ2v) is 7.80. The van der Waals surface area contributed by atoms with Gasteiger partial charge in [0.05, 0.1) is 15.5 Å². The zero-order chi connectivity index (χ0) is 18.1. The van der Waals surface area contributed by atoms with E-state index < -0.39 is 23.3 Å². The van der Waals surface area contributed by atoms with Crippen molar-refractivity contribution in [1.82, 2.24) is 0 Å². The van der Waals surface area contributed by atoms with Crippen LogP contribution in [0, 0.1) is 5.92 Å². The van der Waals surface area contributed by atoms with Crippen LogP contribution in [0.25, 0.3) is 0 Å². The number of hydrogen-bond donors (Lipinski definition) is 2. The van der Waals surface area contributed by atoms with E-state index in [1.807, 2.05) is 24.3 Å². The van der Waals surface area contributed by atoms with Crippen LogP contribution >= 0.6 is 11.8 Å². The minimum Gasteiger partial charge on any atom is -0.480 e. The molecule has 2 aromatic carbocycles. The molecule has 0 bridgehead atoms. The molecule has 0 amide bonds. The van der Waals surface area contributed by atoms with Crippen molar-refractivity contribution < 1.29 is 23.4 Å². The van der Waals surface area contributed by atoms with Crippen molar-refractivity contribution in [2.75, 3.05) is 4.31 Å². The summed E-state index contributed by atoms with van der Waals surface area (Å²) in [5.74, 6) is -0.118. The predicted molar refractivity (Wildman–Crippen MR) is 96.6 cm³/mol. The molecule has 0 aliphatic carbocycles. The van der Waals surface area contributed by atoms with Crippen LogP contribution in [0.15, 0.2) is 52.3 Å². The van der Waals surface area contributed by atoms with Gasteiger partial charge < -0.3 is 9.84 Å². The van der Waals surface area contributed by atoms with Crippen LogP contribution in [0.5, 0.6) is 11.5 Å². The van der Waals surface area contributed by atoms with Crippen LogP contribution in [0.2, 0.25) is 0 Å². The van der Waals surface area contributed by atoms with E-state index in [-0.39, 0.29) is 5.92 Å². The molecule has 8 heteroatoms. The summed E-state index contributed by atoms with van der Waals surface area (Å²) in [6, 6.07) is 11.4. The quantitative estimate of drug-likeness (QED) is 0.652. The first kappa shape index (κ1) is 17.8. The maximum absolute atomic E-state index is 11.9. The maximum atomic E-state index is 11.9. The number of carbonyl (C=O) groups is 1. The van der Waals surface area contributed by atoms with E-state index in [1.165, 1.54) is 11.8 Å². The molecule has 2 aromatic rings. The first-order valence-corrected chi connectivity index (χ1v) is 9.48. The molecule has 6 nitrogen and oxygen atoms in total. The summed E-state index contributed by atoms with van der Waals surface area (Å²) in [4.78, 5) is 13.3. The molecule has 2 N–H and O–H groups in total. The normalized spacial score (nSPS) is 14.9. The van der Waals surface area contributed by atoms with E-state index in [9.17, 15) is 18.7 Å². The molecule has 0 radical (unpaired) electrons. The maximum Gasteiger partial charge on any atom is 0.327 e. The summed E-state index contributed by atoms with van der Waals surface area (Å²) >= 11 is -0.994. The topological polar surface area (TPSA) is 87.1 Å². The molecule has 0 spiro atoms. The fourth-order valence-electron chi connectivity index (χ4n) is 2.66. The second-order valence-electron chi connectivity index (χ2n) is 5.87. The van der Waals surface area contributed by atoms with E-state index in [4.69, 9.17) is 4.74 Å². The number of hydrogen-bond acceptors (Lipinski definition) is 4. The summed E-state index contributed by atoms with van der Waals surface area (Å²) in [5, 5.41) is 9.48. The van der Waals surface area contributed by atoms with Gasteiger partial charge in [0.1, 0.15) is 17.5 Å². The number of nitrogens with zero attached hydrogens (tertiary/aromatic N) is 1. The molecule has 1 aliphatic rings. The Labute approximate surface area is 152 Å². The lowest BCUT2D eigenvalue weighted by molar-refractivity contribution is -0.139. The number of benzene rings is 2. The van der Waals surface area contributed by atoms with Gasteiger partial charge in [-0.05, 0) is 36.2 Å². The third-order valence-electron chi connectivity index (χ3n) is 3.78. The number of anilines is 1. The third-order valence-corrected chi connectivity index (χ3v) is 5.65. The van der Waals surface area contributed by atoms with Gasteiger partial charge in [-0.15, -0.1) is 0 Å². The Morgan fingerprint density at radius 2 is 1.84 bits per heavy atom. The van der Waals surface area contributed by atoms with Crippen molar-refractivity contribution in [3.63, 3.8) is 0 Å². The Hall–Kier alpha value is -2.03. The van der Waals surface area contributed by atoms with Crippen molar-refractivity contribution in [1.29, 1.82) is 0 Å². The van der Waals surface area contributed by atoms with Gasteiger partial charge in [-0.1, -0.05) is 37.7 Å². The molecule has 0 fully saturated rings. The Bertz CT molecular complexity index is 840. The lowest BCUT2D eigenvalue weighted by Crippen LogP contribution is -2.45. The van der Waals surface area contributed by atoms with Crippen LogP contribution in [-0.2, 0) is 16.1 Å². The van der Waals surface area contributed by atoms with E-state index in [0.29, 0.717) is 11.4 Å². The van der Waals surface area contributed by atoms with Crippen LogP contribution in [0.3, 0.4) is 0 Å². The van der Waals surface area contributed by atoms with E-state index in [2.05, 4.69) is 0 Å². The molecular formula is C17H17NO5S2. The first-order chi connectivity index (χ1) is 11.9. The highest BCUT2D eigenvalue weighted by molar-refractivity contribution is 7.99. The van der Waals surface area contributed by atoms with Gasteiger partial charge in [0.15, 0.2) is 0 Å². The van der Waals surface area contributed by atoms with E-state index in [0.717, 1.165) is 19.8 Å². The summed E-state index contributed by atoms with van der Waals surface area (Å²) in [5.41, 5.74) is 0.358. The lowest BCUT2D eigenvalue weighted by Gasteiger charge is -2.30. The Morgan fingerprint density at radius 3 is 2.48 bits per heavy atom. The van der Waals surface area contributed by atoms with Crippen LogP contribution in [0.1, 0.15) is 13.8 Å². The smallest absolute Gasteiger partial charge is 0.327 e. The highest BCUT2D eigenvalue weighted by Crippen LogP contribution is 2.48. The van der Waals surface area contributed by atoms with Gasteiger partial charge in [-0.25, -0.2) is 9.00 Å². The Kier molecular flexibility index (Phi) is 5.03. The number of aliphatic carboxylic acids is 1. The zero-order valence-corrected chi connectivity index (χ0v) is 15.2. The predicted octanol–water partition coefficient (Wildman–Crippen LogP) is 4.00. The zero-order valence-electron chi connectivity index (χ0n) is 13.6. The molecule has 1 heterocycles. The molecule has 0 aromatic heterocycles. The molecule has 25 heavy (non-hydrogen) atoms. The molecule has 2 unspecified atom stereocenters. The number of fused-ring (bicyclic) bond motifs is 2. The number of carboxylic acids is 1. The first-order valence-electron chi connectivity index (χ1n) is 7.60. The number of carboxylic acid groups (broad SMARTS) is 1. The second kappa shape index (κ2) is 7.07. The highest BCUT2D eigenvalue weighted by Gasteiger charge is 2.33. The van der Waals surface area contributed by atoms with Crippen LogP contribution in [0.4, 0.5) is 5.69 Å². The van der Waals surface area contributed by atoms with Crippen LogP contribution in [-0.4, -0.2) is 25.9 Å². The van der Waals surface area contributed by atoms with Crippen molar-refractivity contribution in [2.24, 2.45) is 5.92 Å². The summed E-state index contributed by atoms with van der Waals surface area (Å²) < 4.78 is 28.4. The third kappa shape index (κ3) is 3.51. The molecule has 2 atom stereocenters. The fourth-order valence-corrected chi connectivity index (χ4v) is 4.46. The van der Waals surface area contributed by atoms with Gasteiger partial charge in [0.25, 0.3) is 11.3 Å². The molecular weight excluding hydrogens is 362 g/mol. The molecule has 132 valence electrons. The van der Waals surface area contributed by atoms with E-state index in [1.54, 1.807) is 32.0 Å².